The number of para-hydroxylation sites is 1. The summed E-state index contributed by atoms with van der Waals surface area (Å²) >= 11 is 0. The Bertz CT molecular complexity index is 1070. The number of aromatic amines is 1. The van der Waals surface area contributed by atoms with Crippen molar-refractivity contribution in [1.82, 2.24) is 19.7 Å². The molecule has 1 amide bonds. The number of hydrogen-bond acceptors (Lipinski definition) is 4. The Balaban J connectivity index is 1.30. The molecule has 0 atom stereocenters. The molecule has 1 N–H and O–H groups in total. The summed E-state index contributed by atoms with van der Waals surface area (Å²) in [5.41, 5.74) is 2.74. The Labute approximate surface area is 181 Å². The lowest BCUT2D eigenvalue weighted by Gasteiger charge is -2.31. The van der Waals surface area contributed by atoms with Crippen LogP contribution in [-0.4, -0.2) is 45.3 Å². The maximum Gasteiger partial charge on any atom is 0.347 e. The number of aryl methyl sites for hydroxylation is 1. The molecule has 1 aliphatic rings. The predicted octanol–water partition coefficient (Wildman–Crippen LogP) is 2.87. The van der Waals surface area contributed by atoms with Crippen LogP contribution in [0.25, 0.3) is 5.69 Å². The fraction of sp³-hybridized carbons (Fsp3) is 0.375. The van der Waals surface area contributed by atoms with Crippen molar-refractivity contribution in [2.45, 2.75) is 32.8 Å². The van der Waals surface area contributed by atoms with Gasteiger partial charge in [-0.05, 0) is 42.9 Å². The highest BCUT2D eigenvalue weighted by atomic mass is 16.5. The minimum absolute atomic E-state index is 0.0333. The average Bonchev–Trinajstić information content (AvgIpc) is 3.15. The van der Waals surface area contributed by atoms with Gasteiger partial charge in [-0.3, -0.25) is 4.79 Å². The van der Waals surface area contributed by atoms with Crippen molar-refractivity contribution in [2.75, 3.05) is 19.7 Å². The molecule has 4 rings (SSSR count). The maximum absolute atomic E-state index is 12.5. The van der Waals surface area contributed by atoms with Gasteiger partial charge in [-0.15, -0.1) is 0 Å². The van der Waals surface area contributed by atoms with Gasteiger partial charge in [0.2, 0.25) is 5.91 Å². The third-order valence-corrected chi connectivity index (χ3v) is 5.87. The van der Waals surface area contributed by atoms with Crippen molar-refractivity contribution in [1.29, 1.82) is 0 Å². The Hall–Kier alpha value is -3.19. The first-order valence-corrected chi connectivity index (χ1v) is 10.7. The first-order valence-electron chi connectivity index (χ1n) is 10.7. The fourth-order valence-electron chi connectivity index (χ4n) is 4.10. The molecule has 7 nitrogen and oxygen atoms in total. The van der Waals surface area contributed by atoms with Crippen LogP contribution in [0.1, 0.15) is 29.8 Å². The Morgan fingerprint density at radius 2 is 1.81 bits per heavy atom. The van der Waals surface area contributed by atoms with Crippen molar-refractivity contribution >= 4 is 5.91 Å². The molecule has 2 heterocycles. The third-order valence-electron chi connectivity index (χ3n) is 5.87. The third kappa shape index (κ3) is 5.11. The number of piperidine rings is 1. The van der Waals surface area contributed by atoms with E-state index in [1.165, 1.54) is 0 Å². The smallest absolute Gasteiger partial charge is 0.347 e. The number of nitrogens with one attached hydrogen (secondary N) is 1. The van der Waals surface area contributed by atoms with Gasteiger partial charge in [0.05, 0.1) is 12.3 Å². The van der Waals surface area contributed by atoms with Crippen molar-refractivity contribution in [3.8, 4) is 5.69 Å². The predicted molar refractivity (Wildman–Crippen MR) is 118 cm³/mol. The average molecular weight is 421 g/mol. The SMILES string of the molecule is Cc1ccccc1-n1c(CC2CCN(C(=O)COCc3ccccc3)CC2)n[nH]c1=O. The monoisotopic (exact) mass is 420 g/mol. The van der Waals surface area contributed by atoms with E-state index in [1.807, 2.05) is 66.4 Å². The Morgan fingerprint density at radius 3 is 2.55 bits per heavy atom. The zero-order valence-corrected chi connectivity index (χ0v) is 17.8. The molecule has 0 bridgehead atoms. The van der Waals surface area contributed by atoms with Gasteiger partial charge in [0, 0.05) is 19.5 Å². The molecule has 31 heavy (non-hydrogen) atoms. The first kappa shape index (κ1) is 21.1. The summed E-state index contributed by atoms with van der Waals surface area (Å²) in [4.78, 5) is 26.7. The summed E-state index contributed by atoms with van der Waals surface area (Å²) in [5, 5.41) is 6.87. The molecule has 162 valence electrons. The number of nitrogens with zero attached hydrogens (tertiary/aromatic N) is 3. The zero-order chi connectivity index (χ0) is 21.6. The topological polar surface area (TPSA) is 80.2 Å². The molecule has 0 aliphatic carbocycles. The fourth-order valence-corrected chi connectivity index (χ4v) is 4.10. The van der Waals surface area contributed by atoms with E-state index in [0.29, 0.717) is 32.0 Å². The van der Waals surface area contributed by atoms with Crippen molar-refractivity contribution < 1.29 is 9.53 Å². The lowest BCUT2D eigenvalue weighted by Crippen LogP contribution is -2.41. The largest absolute Gasteiger partial charge is 0.367 e. The van der Waals surface area contributed by atoms with E-state index < -0.39 is 0 Å². The van der Waals surface area contributed by atoms with Crippen LogP contribution in [-0.2, 0) is 22.6 Å². The summed E-state index contributed by atoms with van der Waals surface area (Å²) in [7, 11) is 0. The number of aromatic nitrogens is 3. The van der Waals surface area contributed by atoms with Crippen LogP contribution in [0.4, 0.5) is 0 Å². The van der Waals surface area contributed by atoms with Gasteiger partial charge in [0.1, 0.15) is 12.4 Å². The zero-order valence-electron chi connectivity index (χ0n) is 17.8. The number of likely N-dealkylation sites (tertiary alicyclic amines) is 1. The molecular weight excluding hydrogens is 392 g/mol. The molecule has 0 saturated carbocycles. The number of hydrogen-bond donors (Lipinski definition) is 1. The molecule has 0 spiro atoms. The van der Waals surface area contributed by atoms with Gasteiger partial charge in [0.25, 0.3) is 0 Å². The van der Waals surface area contributed by atoms with E-state index >= 15 is 0 Å². The minimum Gasteiger partial charge on any atom is -0.367 e. The lowest BCUT2D eigenvalue weighted by molar-refractivity contribution is -0.138. The van der Waals surface area contributed by atoms with Crippen LogP contribution >= 0.6 is 0 Å². The van der Waals surface area contributed by atoms with E-state index in [0.717, 1.165) is 35.5 Å². The minimum atomic E-state index is -0.215. The van der Waals surface area contributed by atoms with Crippen LogP contribution in [0.3, 0.4) is 0 Å². The highest BCUT2D eigenvalue weighted by Crippen LogP contribution is 2.22. The highest BCUT2D eigenvalue weighted by molar-refractivity contribution is 5.77. The number of H-pyrrole nitrogens is 1. The Kier molecular flexibility index (Phi) is 6.62. The van der Waals surface area contributed by atoms with Gasteiger partial charge in [-0.2, -0.15) is 5.10 Å². The number of ether oxygens (including phenoxy) is 1. The number of benzene rings is 2. The quantitative estimate of drug-likeness (QED) is 0.637. The second-order valence-corrected chi connectivity index (χ2v) is 8.07. The number of carbonyl (C=O) groups excluding carboxylic acids is 1. The number of amides is 1. The lowest BCUT2D eigenvalue weighted by atomic mass is 9.93. The normalized spacial score (nSPS) is 14.7. The maximum atomic E-state index is 12.5. The molecule has 2 aromatic carbocycles. The second-order valence-electron chi connectivity index (χ2n) is 8.07. The molecule has 3 aromatic rings. The standard InChI is InChI=1S/C24H28N4O3/c1-18-7-5-6-10-21(18)28-22(25-26-24(28)30)15-19-11-13-27(14-12-19)23(29)17-31-16-20-8-3-2-4-9-20/h2-10,19H,11-17H2,1H3,(H,26,30). The molecule has 1 aromatic heterocycles. The van der Waals surface area contributed by atoms with Gasteiger partial charge in [-0.1, -0.05) is 48.5 Å². The van der Waals surface area contributed by atoms with Crippen LogP contribution in [0, 0.1) is 12.8 Å². The van der Waals surface area contributed by atoms with E-state index in [1.54, 1.807) is 4.57 Å². The van der Waals surface area contributed by atoms with Gasteiger partial charge < -0.3 is 9.64 Å². The van der Waals surface area contributed by atoms with Gasteiger partial charge >= 0.3 is 5.69 Å². The van der Waals surface area contributed by atoms with Crippen LogP contribution < -0.4 is 5.69 Å². The Morgan fingerprint density at radius 1 is 1.10 bits per heavy atom. The highest BCUT2D eigenvalue weighted by Gasteiger charge is 2.25. The summed E-state index contributed by atoms with van der Waals surface area (Å²) in [6.07, 6.45) is 2.48. The first-order chi connectivity index (χ1) is 15.1. The van der Waals surface area contributed by atoms with E-state index in [-0.39, 0.29) is 18.2 Å². The summed E-state index contributed by atoms with van der Waals surface area (Å²) in [6.45, 7) is 3.95. The summed E-state index contributed by atoms with van der Waals surface area (Å²) in [6, 6.07) is 17.7. The van der Waals surface area contributed by atoms with E-state index in [2.05, 4.69) is 10.2 Å². The molecular formula is C24H28N4O3. The van der Waals surface area contributed by atoms with E-state index in [4.69, 9.17) is 4.74 Å². The molecule has 1 saturated heterocycles. The number of carbonyl (C=O) groups is 1. The van der Waals surface area contributed by atoms with Crippen molar-refractivity contribution in [3.05, 3.63) is 82.0 Å². The van der Waals surface area contributed by atoms with Gasteiger partial charge in [-0.25, -0.2) is 14.5 Å². The van der Waals surface area contributed by atoms with Crippen LogP contribution in [0.5, 0.6) is 0 Å². The van der Waals surface area contributed by atoms with Crippen LogP contribution in [0.15, 0.2) is 59.4 Å². The summed E-state index contributed by atoms with van der Waals surface area (Å²) < 4.78 is 7.26. The number of rotatable bonds is 7. The molecule has 1 aliphatic heterocycles. The second kappa shape index (κ2) is 9.75. The van der Waals surface area contributed by atoms with Crippen molar-refractivity contribution in [3.63, 3.8) is 0 Å². The van der Waals surface area contributed by atoms with Gasteiger partial charge in [0.15, 0.2) is 0 Å². The van der Waals surface area contributed by atoms with Crippen molar-refractivity contribution in [2.24, 2.45) is 5.92 Å². The summed E-state index contributed by atoms with van der Waals surface area (Å²) in [5.74, 6) is 1.16. The molecule has 0 radical (unpaired) electrons. The molecule has 1 fully saturated rings. The van der Waals surface area contributed by atoms with Crippen LogP contribution in [0.2, 0.25) is 0 Å². The molecule has 0 unspecified atom stereocenters. The molecule has 7 heteroatoms. The van der Waals surface area contributed by atoms with E-state index in [9.17, 15) is 9.59 Å².